The van der Waals surface area contributed by atoms with Gasteiger partial charge >= 0.3 is 0 Å². The van der Waals surface area contributed by atoms with Gasteiger partial charge in [0.1, 0.15) is 0 Å². The van der Waals surface area contributed by atoms with Gasteiger partial charge in [0.15, 0.2) is 0 Å². The minimum absolute atomic E-state index is 0.805. The van der Waals surface area contributed by atoms with Crippen LogP contribution in [-0.4, -0.2) is 37.1 Å². The number of nitrogens with zero attached hydrogens (tertiary/aromatic N) is 1. The normalized spacial score (nSPS) is 17.5. The van der Waals surface area contributed by atoms with E-state index in [4.69, 9.17) is 0 Å². The van der Waals surface area contributed by atoms with Gasteiger partial charge in [-0.05, 0) is 51.2 Å². The Labute approximate surface area is 108 Å². The molecule has 0 aromatic carbocycles. The van der Waals surface area contributed by atoms with Crippen molar-refractivity contribution < 1.29 is 0 Å². The summed E-state index contributed by atoms with van der Waals surface area (Å²) >= 11 is 0. The summed E-state index contributed by atoms with van der Waals surface area (Å²) in [6, 6.07) is 0.892. The zero-order valence-corrected chi connectivity index (χ0v) is 12.2. The van der Waals surface area contributed by atoms with Gasteiger partial charge in [-0.1, -0.05) is 33.6 Å². The van der Waals surface area contributed by atoms with Gasteiger partial charge in [-0.15, -0.1) is 0 Å². The lowest BCUT2D eigenvalue weighted by atomic mass is 10.1. The number of rotatable bonds is 9. The summed E-state index contributed by atoms with van der Waals surface area (Å²) in [4.78, 5) is 2.76. The van der Waals surface area contributed by atoms with Gasteiger partial charge in [0.25, 0.3) is 0 Å². The highest BCUT2D eigenvalue weighted by atomic mass is 15.2. The summed E-state index contributed by atoms with van der Waals surface area (Å²) in [6.07, 6.45) is 8.34. The van der Waals surface area contributed by atoms with Crippen LogP contribution < -0.4 is 5.32 Å². The van der Waals surface area contributed by atoms with Crippen molar-refractivity contribution in [3.05, 3.63) is 0 Å². The SMILES string of the molecule is CCCNCCCN(CC(C)C)C1CCCC1. The van der Waals surface area contributed by atoms with Crippen molar-refractivity contribution in [2.45, 2.75) is 65.3 Å². The van der Waals surface area contributed by atoms with E-state index in [0.29, 0.717) is 0 Å². The molecule has 2 nitrogen and oxygen atoms in total. The average Bonchev–Trinajstić information content (AvgIpc) is 2.80. The molecular formula is C15H32N2. The van der Waals surface area contributed by atoms with E-state index in [2.05, 4.69) is 31.0 Å². The summed E-state index contributed by atoms with van der Waals surface area (Å²) in [7, 11) is 0. The van der Waals surface area contributed by atoms with Crippen molar-refractivity contribution in [3.8, 4) is 0 Å². The van der Waals surface area contributed by atoms with Crippen LogP contribution >= 0.6 is 0 Å². The van der Waals surface area contributed by atoms with Crippen LogP contribution in [0.2, 0.25) is 0 Å². The van der Waals surface area contributed by atoms with Crippen molar-refractivity contribution in [3.63, 3.8) is 0 Å². The summed E-state index contributed by atoms with van der Waals surface area (Å²) in [5.41, 5.74) is 0. The average molecular weight is 240 g/mol. The van der Waals surface area contributed by atoms with Crippen molar-refractivity contribution >= 4 is 0 Å². The van der Waals surface area contributed by atoms with Crippen LogP contribution in [0.4, 0.5) is 0 Å². The van der Waals surface area contributed by atoms with Crippen LogP contribution in [0.3, 0.4) is 0 Å². The molecule has 1 aliphatic carbocycles. The molecule has 2 heteroatoms. The molecule has 0 radical (unpaired) electrons. The first kappa shape index (κ1) is 15.0. The molecule has 1 fully saturated rings. The van der Waals surface area contributed by atoms with Gasteiger partial charge in [-0.2, -0.15) is 0 Å². The van der Waals surface area contributed by atoms with Gasteiger partial charge in [0.2, 0.25) is 0 Å². The molecule has 0 atom stereocenters. The number of nitrogens with one attached hydrogen (secondary N) is 1. The van der Waals surface area contributed by atoms with E-state index >= 15 is 0 Å². The van der Waals surface area contributed by atoms with E-state index in [0.717, 1.165) is 12.0 Å². The van der Waals surface area contributed by atoms with Crippen molar-refractivity contribution in [2.24, 2.45) is 5.92 Å². The zero-order chi connectivity index (χ0) is 12.5. The van der Waals surface area contributed by atoms with Crippen molar-refractivity contribution in [1.82, 2.24) is 10.2 Å². The third-order valence-corrected chi connectivity index (χ3v) is 3.67. The molecule has 17 heavy (non-hydrogen) atoms. The van der Waals surface area contributed by atoms with Crippen LogP contribution in [-0.2, 0) is 0 Å². The summed E-state index contributed by atoms with van der Waals surface area (Å²) in [5, 5.41) is 3.51. The predicted molar refractivity (Wildman–Crippen MR) is 76.4 cm³/mol. The first-order chi connectivity index (χ1) is 8.24. The standard InChI is InChI=1S/C15H32N2/c1-4-10-16-11-7-12-17(13-14(2)3)15-8-5-6-9-15/h14-16H,4-13H2,1-3H3. The Hall–Kier alpha value is -0.0800. The van der Waals surface area contributed by atoms with Crippen LogP contribution in [0.1, 0.15) is 59.3 Å². The Balaban J connectivity index is 2.20. The molecular weight excluding hydrogens is 208 g/mol. The molecule has 0 heterocycles. The molecule has 0 unspecified atom stereocenters. The Morgan fingerprint density at radius 2 is 1.88 bits per heavy atom. The fourth-order valence-electron chi connectivity index (χ4n) is 2.87. The molecule has 1 rings (SSSR count). The van der Waals surface area contributed by atoms with Crippen LogP contribution in [0.5, 0.6) is 0 Å². The fraction of sp³-hybridized carbons (Fsp3) is 1.00. The molecule has 0 aliphatic heterocycles. The second-order valence-corrected chi connectivity index (χ2v) is 5.93. The largest absolute Gasteiger partial charge is 0.317 e. The smallest absolute Gasteiger partial charge is 0.00953 e. The minimum Gasteiger partial charge on any atom is -0.317 e. The lowest BCUT2D eigenvalue weighted by Gasteiger charge is -2.30. The third-order valence-electron chi connectivity index (χ3n) is 3.67. The molecule has 1 N–H and O–H groups in total. The van der Waals surface area contributed by atoms with Gasteiger partial charge in [-0.3, -0.25) is 0 Å². The number of hydrogen-bond donors (Lipinski definition) is 1. The Bertz CT molecular complexity index is 174. The minimum atomic E-state index is 0.805. The topological polar surface area (TPSA) is 15.3 Å². The van der Waals surface area contributed by atoms with E-state index in [1.807, 2.05) is 0 Å². The van der Waals surface area contributed by atoms with Crippen molar-refractivity contribution in [1.29, 1.82) is 0 Å². The monoisotopic (exact) mass is 240 g/mol. The fourth-order valence-corrected chi connectivity index (χ4v) is 2.87. The molecule has 0 aromatic heterocycles. The second kappa shape index (κ2) is 8.93. The van der Waals surface area contributed by atoms with E-state index in [1.54, 1.807) is 0 Å². The molecule has 1 saturated carbocycles. The van der Waals surface area contributed by atoms with Gasteiger partial charge in [0, 0.05) is 12.6 Å². The first-order valence-corrected chi connectivity index (χ1v) is 7.68. The Morgan fingerprint density at radius 3 is 2.47 bits per heavy atom. The maximum atomic E-state index is 3.51. The van der Waals surface area contributed by atoms with Crippen molar-refractivity contribution in [2.75, 3.05) is 26.2 Å². The maximum absolute atomic E-state index is 3.51. The lowest BCUT2D eigenvalue weighted by molar-refractivity contribution is 0.175. The maximum Gasteiger partial charge on any atom is 0.00953 e. The van der Waals surface area contributed by atoms with Crippen LogP contribution in [0.15, 0.2) is 0 Å². The summed E-state index contributed by atoms with van der Waals surface area (Å²) in [5.74, 6) is 0.805. The molecule has 0 bridgehead atoms. The molecule has 0 saturated heterocycles. The second-order valence-electron chi connectivity index (χ2n) is 5.93. The van der Waals surface area contributed by atoms with Crippen LogP contribution in [0.25, 0.3) is 0 Å². The molecule has 102 valence electrons. The van der Waals surface area contributed by atoms with E-state index in [-0.39, 0.29) is 0 Å². The highest BCUT2D eigenvalue weighted by molar-refractivity contribution is 4.78. The summed E-state index contributed by atoms with van der Waals surface area (Å²) in [6.45, 7) is 11.9. The van der Waals surface area contributed by atoms with E-state index in [9.17, 15) is 0 Å². The Kier molecular flexibility index (Phi) is 7.87. The van der Waals surface area contributed by atoms with Gasteiger partial charge in [-0.25, -0.2) is 0 Å². The molecule has 0 spiro atoms. The predicted octanol–water partition coefficient (Wildman–Crippen LogP) is 3.28. The van der Waals surface area contributed by atoms with E-state index in [1.165, 1.54) is 64.7 Å². The van der Waals surface area contributed by atoms with E-state index < -0.39 is 0 Å². The molecule has 1 aliphatic rings. The van der Waals surface area contributed by atoms with Gasteiger partial charge in [0.05, 0.1) is 0 Å². The molecule has 0 amide bonds. The zero-order valence-electron chi connectivity index (χ0n) is 12.2. The third kappa shape index (κ3) is 6.42. The highest BCUT2D eigenvalue weighted by Crippen LogP contribution is 2.24. The Morgan fingerprint density at radius 1 is 1.18 bits per heavy atom. The molecule has 0 aromatic rings. The van der Waals surface area contributed by atoms with Crippen LogP contribution in [0, 0.1) is 5.92 Å². The summed E-state index contributed by atoms with van der Waals surface area (Å²) < 4.78 is 0. The quantitative estimate of drug-likeness (QED) is 0.622. The highest BCUT2D eigenvalue weighted by Gasteiger charge is 2.22. The number of hydrogen-bond acceptors (Lipinski definition) is 2. The van der Waals surface area contributed by atoms with Gasteiger partial charge < -0.3 is 10.2 Å². The lowest BCUT2D eigenvalue weighted by Crippen LogP contribution is -2.38. The first-order valence-electron chi connectivity index (χ1n) is 7.68.